The molecule has 1 fully saturated rings. The number of rotatable bonds is 5. The van der Waals surface area contributed by atoms with Gasteiger partial charge in [-0.25, -0.2) is 13.8 Å². The molecular formula is C19H19Cl2N3O3S. The average molecular weight is 440 g/mol. The summed E-state index contributed by atoms with van der Waals surface area (Å²) >= 11 is 11.9. The van der Waals surface area contributed by atoms with Gasteiger partial charge in [-0.2, -0.15) is 9.41 Å². The molecule has 1 amide bonds. The fraction of sp³-hybridized carbons (Fsp3) is 0.263. The average Bonchev–Trinajstić information content (AvgIpc) is 2.70. The van der Waals surface area contributed by atoms with E-state index in [2.05, 4.69) is 10.5 Å². The van der Waals surface area contributed by atoms with E-state index in [1.807, 2.05) is 0 Å². The molecule has 0 bridgehead atoms. The van der Waals surface area contributed by atoms with Crippen LogP contribution in [0.2, 0.25) is 10.0 Å². The number of piperidine rings is 1. The highest BCUT2D eigenvalue weighted by molar-refractivity contribution is 7.89. The van der Waals surface area contributed by atoms with Crippen LogP contribution in [0, 0.1) is 0 Å². The summed E-state index contributed by atoms with van der Waals surface area (Å²) in [7, 11) is -3.61. The highest BCUT2D eigenvalue weighted by atomic mass is 35.5. The van der Waals surface area contributed by atoms with Crippen LogP contribution in [0.5, 0.6) is 0 Å². The molecule has 9 heteroatoms. The molecule has 1 heterocycles. The van der Waals surface area contributed by atoms with Gasteiger partial charge in [0.15, 0.2) is 0 Å². The number of nitrogens with one attached hydrogen (secondary N) is 1. The predicted molar refractivity (Wildman–Crippen MR) is 111 cm³/mol. The van der Waals surface area contributed by atoms with Gasteiger partial charge in [0, 0.05) is 29.2 Å². The number of carbonyl (C=O) groups is 1. The number of benzene rings is 2. The van der Waals surface area contributed by atoms with E-state index >= 15 is 0 Å². The molecule has 2 aromatic carbocycles. The van der Waals surface area contributed by atoms with Crippen LogP contribution in [-0.2, 0) is 10.0 Å². The SMILES string of the molecule is O=C(NN=Cc1ccc(Cl)cc1Cl)c1cccc(S(=O)(=O)N2CCCCC2)c1. The van der Waals surface area contributed by atoms with Gasteiger partial charge in [-0.3, -0.25) is 4.79 Å². The minimum atomic E-state index is -3.61. The summed E-state index contributed by atoms with van der Waals surface area (Å²) in [4.78, 5) is 12.4. The molecule has 28 heavy (non-hydrogen) atoms. The second kappa shape index (κ2) is 9.05. The van der Waals surface area contributed by atoms with Crippen LogP contribution in [0.3, 0.4) is 0 Å². The van der Waals surface area contributed by atoms with E-state index in [4.69, 9.17) is 23.2 Å². The first-order chi connectivity index (χ1) is 13.4. The fourth-order valence-electron chi connectivity index (χ4n) is 2.88. The van der Waals surface area contributed by atoms with E-state index in [9.17, 15) is 13.2 Å². The van der Waals surface area contributed by atoms with Crippen molar-refractivity contribution in [2.75, 3.05) is 13.1 Å². The van der Waals surface area contributed by atoms with Crippen molar-refractivity contribution in [1.82, 2.24) is 9.73 Å². The number of nitrogens with zero attached hydrogens (tertiary/aromatic N) is 2. The van der Waals surface area contributed by atoms with Crippen LogP contribution in [-0.4, -0.2) is 37.9 Å². The van der Waals surface area contributed by atoms with Crippen molar-refractivity contribution in [3.63, 3.8) is 0 Å². The molecule has 6 nitrogen and oxygen atoms in total. The van der Waals surface area contributed by atoms with Crippen molar-refractivity contribution in [2.24, 2.45) is 5.10 Å². The van der Waals surface area contributed by atoms with Crippen LogP contribution >= 0.6 is 23.2 Å². The maximum absolute atomic E-state index is 12.8. The third-order valence-corrected chi connectivity index (χ3v) is 6.84. The van der Waals surface area contributed by atoms with E-state index in [-0.39, 0.29) is 10.5 Å². The molecule has 2 aromatic rings. The summed E-state index contributed by atoms with van der Waals surface area (Å²) < 4.78 is 27.0. The van der Waals surface area contributed by atoms with Crippen LogP contribution in [0.4, 0.5) is 0 Å². The molecule has 0 saturated carbocycles. The Morgan fingerprint density at radius 3 is 2.54 bits per heavy atom. The van der Waals surface area contributed by atoms with Crippen molar-refractivity contribution in [3.8, 4) is 0 Å². The first-order valence-electron chi connectivity index (χ1n) is 8.76. The zero-order valence-electron chi connectivity index (χ0n) is 14.9. The summed E-state index contributed by atoms with van der Waals surface area (Å²) in [6, 6.07) is 10.8. The first kappa shape index (κ1) is 20.8. The summed E-state index contributed by atoms with van der Waals surface area (Å²) in [5.41, 5.74) is 3.17. The third-order valence-electron chi connectivity index (χ3n) is 4.38. The van der Waals surface area contributed by atoms with Crippen molar-refractivity contribution >= 4 is 45.3 Å². The fourth-order valence-corrected chi connectivity index (χ4v) is 4.90. The van der Waals surface area contributed by atoms with Crippen molar-refractivity contribution < 1.29 is 13.2 Å². The second-order valence-corrected chi connectivity index (χ2v) is 9.14. The predicted octanol–water partition coefficient (Wildman–Crippen LogP) is 3.93. The lowest BCUT2D eigenvalue weighted by molar-refractivity contribution is 0.0955. The summed E-state index contributed by atoms with van der Waals surface area (Å²) in [6.07, 6.45) is 4.12. The Kier molecular flexibility index (Phi) is 6.72. The smallest absolute Gasteiger partial charge is 0.267 e. The molecule has 1 saturated heterocycles. The van der Waals surface area contributed by atoms with E-state index in [0.717, 1.165) is 19.3 Å². The van der Waals surface area contributed by atoms with Gasteiger partial charge in [-0.05, 0) is 43.2 Å². The van der Waals surface area contributed by atoms with E-state index in [0.29, 0.717) is 28.7 Å². The molecule has 0 unspecified atom stereocenters. The number of hydrazone groups is 1. The van der Waals surface area contributed by atoms with Gasteiger partial charge in [0.05, 0.1) is 16.1 Å². The molecular weight excluding hydrogens is 421 g/mol. The highest BCUT2D eigenvalue weighted by Gasteiger charge is 2.26. The van der Waals surface area contributed by atoms with Crippen molar-refractivity contribution in [2.45, 2.75) is 24.2 Å². The summed E-state index contributed by atoms with van der Waals surface area (Å²) in [6.45, 7) is 1.01. The Morgan fingerprint density at radius 2 is 1.82 bits per heavy atom. The highest BCUT2D eigenvalue weighted by Crippen LogP contribution is 2.22. The van der Waals surface area contributed by atoms with Gasteiger partial charge >= 0.3 is 0 Å². The van der Waals surface area contributed by atoms with Crippen LogP contribution in [0.15, 0.2) is 52.5 Å². The zero-order chi connectivity index (χ0) is 20.1. The van der Waals surface area contributed by atoms with E-state index in [1.54, 1.807) is 24.3 Å². The molecule has 3 rings (SSSR count). The topological polar surface area (TPSA) is 78.8 Å². The van der Waals surface area contributed by atoms with Crippen LogP contribution < -0.4 is 5.43 Å². The standard InChI is InChI=1S/C19H19Cl2N3O3S/c20-16-8-7-15(18(21)12-16)13-22-23-19(25)14-5-4-6-17(11-14)28(26,27)24-9-2-1-3-10-24/h4-8,11-13H,1-3,9-10H2,(H,23,25). The van der Waals surface area contributed by atoms with Crippen LogP contribution in [0.25, 0.3) is 0 Å². The number of halogens is 2. The third kappa shape index (κ3) is 4.91. The lowest BCUT2D eigenvalue weighted by Gasteiger charge is -2.25. The number of carbonyl (C=O) groups excluding carboxylic acids is 1. The molecule has 1 N–H and O–H groups in total. The van der Waals surface area contributed by atoms with Crippen LogP contribution in [0.1, 0.15) is 35.2 Å². The zero-order valence-corrected chi connectivity index (χ0v) is 17.3. The Balaban J connectivity index is 1.72. The van der Waals surface area contributed by atoms with Gasteiger partial charge in [-0.15, -0.1) is 0 Å². The summed E-state index contributed by atoms with van der Waals surface area (Å²) in [5, 5.41) is 4.78. The molecule has 1 aliphatic rings. The monoisotopic (exact) mass is 439 g/mol. The molecule has 0 radical (unpaired) electrons. The number of sulfonamides is 1. The van der Waals surface area contributed by atoms with E-state index < -0.39 is 15.9 Å². The van der Waals surface area contributed by atoms with Gasteiger partial charge in [-0.1, -0.05) is 41.8 Å². The molecule has 0 aromatic heterocycles. The lowest BCUT2D eigenvalue weighted by atomic mass is 10.2. The van der Waals surface area contributed by atoms with E-state index in [1.165, 1.54) is 28.7 Å². The number of amides is 1. The maximum atomic E-state index is 12.8. The Hall–Kier alpha value is -1.93. The molecule has 0 aliphatic carbocycles. The van der Waals surface area contributed by atoms with Gasteiger partial charge in [0.25, 0.3) is 5.91 Å². The molecule has 1 aliphatic heterocycles. The quantitative estimate of drug-likeness (QED) is 0.565. The number of hydrogen-bond donors (Lipinski definition) is 1. The normalized spacial score (nSPS) is 15.6. The molecule has 148 valence electrons. The van der Waals surface area contributed by atoms with Gasteiger partial charge in [0.1, 0.15) is 0 Å². The van der Waals surface area contributed by atoms with Crippen molar-refractivity contribution in [1.29, 1.82) is 0 Å². The van der Waals surface area contributed by atoms with Gasteiger partial charge in [0.2, 0.25) is 10.0 Å². The molecule has 0 atom stereocenters. The minimum absolute atomic E-state index is 0.103. The van der Waals surface area contributed by atoms with Gasteiger partial charge < -0.3 is 0 Å². The minimum Gasteiger partial charge on any atom is -0.267 e. The molecule has 0 spiro atoms. The maximum Gasteiger partial charge on any atom is 0.271 e. The largest absolute Gasteiger partial charge is 0.271 e. The number of hydrogen-bond acceptors (Lipinski definition) is 4. The summed E-state index contributed by atoms with van der Waals surface area (Å²) in [5.74, 6) is -0.517. The second-order valence-electron chi connectivity index (χ2n) is 6.36. The first-order valence-corrected chi connectivity index (χ1v) is 11.0. The Bertz CT molecular complexity index is 1000. The Morgan fingerprint density at radius 1 is 1.07 bits per heavy atom. The van der Waals surface area contributed by atoms with Crippen molar-refractivity contribution in [3.05, 3.63) is 63.6 Å². The Labute approximate surface area is 174 Å². The lowest BCUT2D eigenvalue weighted by Crippen LogP contribution is -2.35.